The van der Waals surface area contributed by atoms with E-state index >= 15 is 0 Å². The molecule has 0 unspecified atom stereocenters. The first-order valence-corrected chi connectivity index (χ1v) is 7.33. The minimum Gasteiger partial charge on any atom is -0.308 e. The molecule has 0 atom stereocenters. The fraction of sp³-hybridized carbons (Fsp3) is 0.150. The van der Waals surface area contributed by atoms with Crippen LogP contribution in [0.2, 0.25) is 0 Å². The Morgan fingerprint density at radius 1 is 1.09 bits per heavy atom. The monoisotopic (exact) mass is 291 g/mol. The van der Waals surface area contributed by atoms with Crippen molar-refractivity contribution in [1.82, 2.24) is 4.90 Å². The van der Waals surface area contributed by atoms with Gasteiger partial charge in [-0.2, -0.15) is 0 Å². The van der Waals surface area contributed by atoms with Gasteiger partial charge in [0.15, 0.2) is 0 Å². The summed E-state index contributed by atoms with van der Waals surface area (Å²) in [6.45, 7) is 7.96. The molecular weight excluding hydrogens is 270 g/mol. The molecule has 0 bridgehead atoms. The molecule has 0 aliphatic carbocycles. The minimum absolute atomic E-state index is 0.0116. The highest BCUT2D eigenvalue weighted by Crippen LogP contribution is 2.22. The lowest BCUT2D eigenvalue weighted by Crippen LogP contribution is -2.26. The van der Waals surface area contributed by atoms with E-state index in [-0.39, 0.29) is 5.91 Å². The number of allylic oxidation sites excluding steroid dienone is 2. The van der Waals surface area contributed by atoms with Gasteiger partial charge in [0, 0.05) is 6.92 Å². The van der Waals surface area contributed by atoms with Crippen LogP contribution in [0.4, 0.5) is 0 Å². The molecule has 112 valence electrons. The van der Waals surface area contributed by atoms with Gasteiger partial charge in [-0.3, -0.25) is 4.79 Å². The molecule has 2 aromatic rings. The van der Waals surface area contributed by atoms with E-state index in [1.807, 2.05) is 67.6 Å². The van der Waals surface area contributed by atoms with Gasteiger partial charge in [-0.05, 0) is 24.1 Å². The maximum absolute atomic E-state index is 12.2. The number of aryl methyl sites for hydroxylation is 1. The highest BCUT2D eigenvalue weighted by molar-refractivity contribution is 5.85. The molecule has 0 aromatic heterocycles. The van der Waals surface area contributed by atoms with E-state index in [2.05, 4.69) is 6.58 Å². The second-order valence-corrected chi connectivity index (χ2v) is 5.24. The number of carbonyl (C=O) groups is 1. The first-order chi connectivity index (χ1) is 10.6. The molecule has 22 heavy (non-hydrogen) atoms. The van der Waals surface area contributed by atoms with Crippen molar-refractivity contribution < 1.29 is 4.79 Å². The summed E-state index contributed by atoms with van der Waals surface area (Å²) in [5, 5.41) is 0. The van der Waals surface area contributed by atoms with Crippen molar-refractivity contribution in [3.63, 3.8) is 0 Å². The second kappa shape index (κ2) is 7.41. The topological polar surface area (TPSA) is 20.3 Å². The zero-order chi connectivity index (χ0) is 15.9. The molecule has 2 heteroatoms. The van der Waals surface area contributed by atoms with Gasteiger partial charge in [0.25, 0.3) is 0 Å². The predicted octanol–water partition coefficient (Wildman–Crippen LogP) is 4.57. The van der Waals surface area contributed by atoms with E-state index in [0.29, 0.717) is 6.54 Å². The second-order valence-electron chi connectivity index (χ2n) is 5.24. The average Bonchev–Trinajstić information content (AvgIpc) is 2.52. The Hall–Kier alpha value is -2.61. The molecule has 0 fully saturated rings. The maximum Gasteiger partial charge on any atom is 0.224 e. The molecular formula is C20H21NO. The number of hydrogen-bond acceptors (Lipinski definition) is 1. The summed E-state index contributed by atoms with van der Waals surface area (Å²) in [5.41, 5.74) is 4.17. The van der Waals surface area contributed by atoms with Crippen LogP contribution < -0.4 is 0 Å². The molecule has 2 rings (SSSR count). The summed E-state index contributed by atoms with van der Waals surface area (Å²) in [7, 11) is 0. The van der Waals surface area contributed by atoms with E-state index in [0.717, 1.165) is 16.8 Å². The van der Waals surface area contributed by atoms with Crippen LogP contribution in [0, 0.1) is 6.92 Å². The summed E-state index contributed by atoms with van der Waals surface area (Å²) >= 11 is 0. The highest BCUT2D eigenvalue weighted by Gasteiger charge is 2.16. The van der Waals surface area contributed by atoms with Gasteiger partial charge in [-0.25, -0.2) is 0 Å². The van der Waals surface area contributed by atoms with Crippen molar-refractivity contribution in [2.75, 3.05) is 0 Å². The molecule has 0 heterocycles. The standard InChI is InChI=1S/C20H21NO/c1-4-8-20(19-13-11-16(2)12-14-19)21(17(3)22)15-18-9-6-5-7-10-18/h4-14H,1,15H2,2-3H3/b20-8-. The van der Waals surface area contributed by atoms with Crippen molar-refractivity contribution in [2.24, 2.45) is 0 Å². The van der Waals surface area contributed by atoms with Crippen molar-refractivity contribution >= 4 is 11.6 Å². The lowest BCUT2D eigenvalue weighted by atomic mass is 10.1. The predicted molar refractivity (Wildman–Crippen MR) is 92.0 cm³/mol. The van der Waals surface area contributed by atoms with Crippen molar-refractivity contribution in [2.45, 2.75) is 20.4 Å². The van der Waals surface area contributed by atoms with Gasteiger partial charge in [-0.1, -0.05) is 72.8 Å². The Bertz CT molecular complexity index is 669. The van der Waals surface area contributed by atoms with E-state index < -0.39 is 0 Å². The number of amides is 1. The SMILES string of the molecule is C=C/C=C(/c1ccc(C)cc1)N(Cc1ccccc1)C(C)=O. The van der Waals surface area contributed by atoms with Crippen LogP contribution >= 0.6 is 0 Å². The Balaban J connectivity index is 2.38. The Morgan fingerprint density at radius 3 is 2.27 bits per heavy atom. The number of nitrogens with zero attached hydrogens (tertiary/aromatic N) is 1. The maximum atomic E-state index is 12.2. The largest absolute Gasteiger partial charge is 0.308 e. The van der Waals surface area contributed by atoms with Crippen LogP contribution in [0.15, 0.2) is 73.3 Å². The van der Waals surface area contributed by atoms with Crippen molar-refractivity contribution in [1.29, 1.82) is 0 Å². The quantitative estimate of drug-likeness (QED) is 0.739. The molecule has 1 amide bonds. The van der Waals surface area contributed by atoms with Crippen molar-refractivity contribution in [3.8, 4) is 0 Å². The first-order valence-electron chi connectivity index (χ1n) is 7.33. The number of rotatable bonds is 5. The van der Waals surface area contributed by atoms with E-state index in [4.69, 9.17) is 0 Å². The van der Waals surface area contributed by atoms with Gasteiger partial charge in [0.05, 0.1) is 12.2 Å². The van der Waals surface area contributed by atoms with E-state index in [1.54, 1.807) is 17.9 Å². The van der Waals surface area contributed by atoms with Crippen LogP contribution in [0.1, 0.15) is 23.6 Å². The average molecular weight is 291 g/mol. The van der Waals surface area contributed by atoms with Crippen LogP contribution in [0.3, 0.4) is 0 Å². The Morgan fingerprint density at radius 2 is 1.73 bits per heavy atom. The lowest BCUT2D eigenvalue weighted by Gasteiger charge is -2.25. The molecule has 2 aromatic carbocycles. The van der Waals surface area contributed by atoms with Gasteiger partial charge in [0.1, 0.15) is 0 Å². The molecule has 0 saturated carbocycles. The first kappa shape index (κ1) is 15.8. The van der Waals surface area contributed by atoms with Crippen LogP contribution in [-0.4, -0.2) is 10.8 Å². The zero-order valence-corrected chi connectivity index (χ0v) is 13.1. The molecule has 0 aliphatic rings. The fourth-order valence-corrected chi connectivity index (χ4v) is 2.31. The third-order valence-electron chi connectivity index (χ3n) is 3.48. The van der Waals surface area contributed by atoms with Crippen molar-refractivity contribution in [3.05, 3.63) is 90.0 Å². The minimum atomic E-state index is 0.0116. The normalized spacial score (nSPS) is 11.1. The molecule has 0 N–H and O–H groups in total. The van der Waals surface area contributed by atoms with Gasteiger partial charge in [-0.15, -0.1) is 0 Å². The summed E-state index contributed by atoms with van der Waals surface area (Å²) in [6, 6.07) is 18.2. The molecule has 2 nitrogen and oxygen atoms in total. The highest BCUT2D eigenvalue weighted by atomic mass is 16.2. The number of hydrogen-bond donors (Lipinski definition) is 0. The Kier molecular flexibility index (Phi) is 5.31. The smallest absolute Gasteiger partial charge is 0.224 e. The zero-order valence-electron chi connectivity index (χ0n) is 13.1. The Labute approximate surface area is 132 Å². The molecule has 0 saturated heterocycles. The van der Waals surface area contributed by atoms with Crippen LogP contribution in [-0.2, 0) is 11.3 Å². The molecule has 0 radical (unpaired) electrons. The van der Waals surface area contributed by atoms with Gasteiger partial charge < -0.3 is 4.90 Å². The molecule has 0 aliphatic heterocycles. The lowest BCUT2D eigenvalue weighted by molar-refractivity contribution is -0.126. The third-order valence-corrected chi connectivity index (χ3v) is 3.48. The van der Waals surface area contributed by atoms with Crippen LogP contribution in [0.5, 0.6) is 0 Å². The summed E-state index contributed by atoms with van der Waals surface area (Å²) in [5.74, 6) is 0.0116. The number of carbonyl (C=O) groups excluding carboxylic acids is 1. The molecule has 0 spiro atoms. The van der Waals surface area contributed by atoms with E-state index in [1.165, 1.54) is 5.56 Å². The number of benzene rings is 2. The summed E-state index contributed by atoms with van der Waals surface area (Å²) in [6.07, 6.45) is 3.60. The third kappa shape index (κ3) is 3.95. The summed E-state index contributed by atoms with van der Waals surface area (Å²) in [4.78, 5) is 13.9. The van der Waals surface area contributed by atoms with Gasteiger partial charge in [0.2, 0.25) is 5.91 Å². The van der Waals surface area contributed by atoms with E-state index in [9.17, 15) is 4.79 Å². The fourth-order valence-electron chi connectivity index (χ4n) is 2.31. The summed E-state index contributed by atoms with van der Waals surface area (Å²) < 4.78 is 0. The van der Waals surface area contributed by atoms with Gasteiger partial charge >= 0.3 is 0 Å². The van der Waals surface area contributed by atoms with Crippen LogP contribution in [0.25, 0.3) is 5.70 Å².